The molecule has 5 nitrogen and oxygen atoms in total. The van der Waals surface area contributed by atoms with Crippen molar-refractivity contribution in [2.24, 2.45) is 0 Å². The lowest BCUT2D eigenvalue weighted by molar-refractivity contribution is 0.317. The molecule has 0 aliphatic rings. The van der Waals surface area contributed by atoms with Crippen LogP contribution < -0.4 is 9.47 Å². The molecular weight excluding hydrogens is 597 g/mol. The Bertz CT molecular complexity index is 1660. The summed E-state index contributed by atoms with van der Waals surface area (Å²) in [6.45, 7) is 7.24. The van der Waals surface area contributed by atoms with E-state index in [9.17, 15) is 8.42 Å². The molecule has 0 amide bonds. The van der Waals surface area contributed by atoms with Gasteiger partial charge in [0.25, 0.3) is 0 Å². The lowest BCUT2D eigenvalue weighted by atomic mass is 10.2. The molecule has 0 saturated carbocycles. The Morgan fingerprint density at radius 2 is 1.12 bits per heavy atom. The Morgan fingerprint density at radius 3 is 1.63 bits per heavy atom. The van der Waals surface area contributed by atoms with Crippen LogP contribution in [0.2, 0.25) is 0 Å². The first-order chi connectivity index (χ1) is 20.9. The summed E-state index contributed by atoms with van der Waals surface area (Å²) in [6, 6.07) is 36.1. The van der Waals surface area contributed by atoms with Crippen LogP contribution in [0.15, 0.2) is 134 Å². The number of thiophene rings is 1. The fourth-order valence-electron chi connectivity index (χ4n) is 4.49. The van der Waals surface area contributed by atoms with Crippen molar-refractivity contribution in [1.82, 2.24) is 0 Å². The van der Waals surface area contributed by atoms with Crippen LogP contribution in [0.4, 0.5) is 0 Å². The van der Waals surface area contributed by atoms with Crippen LogP contribution in [-0.2, 0) is 13.7 Å². The molecule has 0 fully saturated rings. The van der Waals surface area contributed by atoms with Gasteiger partial charge in [-0.05, 0) is 108 Å². The van der Waals surface area contributed by atoms with E-state index in [2.05, 4.69) is 26.0 Å². The minimum absolute atomic E-state index is 0.112. The SMILES string of the molecule is CCCOc1ccc(S(OS(=O)(=O)c2ccc(C)cc2)(c2ccc(OCCC)cc2)c2ccc(-c3ccccc3)s2)cc1. The zero-order valence-electron chi connectivity index (χ0n) is 24.6. The zero-order valence-corrected chi connectivity index (χ0v) is 27.0. The summed E-state index contributed by atoms with van der Waals surface area (Å²) in [5.41, 5.74) is 2.02. The minimum atomic E-state index is -4.20. The molecule has 0 N–H and O–H groups in total. The predicted molar refractivity (Wildman–Crippen MR) is 176 cm³/mol. The standard InChI is InChI=1S/C35H36O5S3/c1-4-25-38-29-13-19-31(20-14-29)42(32-21-15-30(16-22-32)39-26-5-2,40-43(36,37)33-17-11-27(3)12-18-33)35-24-23-34(41-35)28-9-7-6-8-10-28/h6-24H,4-5,25-26H2,1-3H3. The monoisotopic (exact) mass is 632 g/mol. The lowest BCUT2D eigenvalue weighted by Gasteiger charge is -2.38. The third-order valence-electron chi connectivity index (χ3n) is 6.68. The Kier molecular flexibility index (Phi) is 9.93. The Labute approximate surface area is 260 Å². The fourth-order valence-corrected chi connectivity index (χ4v) is 11.6. The van der Waals surface area contributed by atoms with E-state index in [1.807, 2.05) is 85.8 Å². The molecule has 43 heavy (non-hydrogen) atoms. The van der Waals surface area contributed by atoms with Crippen LogP contribution in [0, 0.1) is 6.92 Å². The molecule has 0 spiro atoms. The van der Waals surface area contributed by atoms with Crippen LogP contribution in [-0.4, -0.2) is 21.6 Å². The average molecular weight is 633 g/mol. The quantitative estimate of drug-likeness (QED) is 0.129. The molecule has 224 valence electrons. The summed E-state index contributed by atoms with van der Waals surface area (Å²) in [5.74, 6) is 1.44. The number of rotatable bonds is 13. The van der Waals surface area contributed by atoms with Crippen LogP contribution in [0.3, 0.4) is 0 Å². The summed E-state index contributed by atoms with van der Waals surface area (Å²) in [6.07, 6.45) is 1.78. The van der Waals surface area contributed by atoms with E-state index >= 15 is 0 Å². The van der Waals surface area contributed by atoms with Crippen LogP contribution in [0.25, 0.3) is 10.4 Å². The summed E-state index contributed by atoms with van der Waals surface area (Å²) < 4.78 is 47.4. The summed E-state index contributed by atoms with van der Waals surface area (Å²) >= 11 is 1.54. The molecule has 0 aliphatic carbocycles. The summed E-state index contributed by atoms with van der Waals surface area (Å²) in [4.78, 5) is 2.63. The molecule has 0 saturated heterocycles. The van der Waals surface area contributed by atoms with Gasteiger partial charge in [-0.1, -0.05) is 61.9 Å². The van der Waals surface area contributed by atoms with Crippen molar-refractivity contribution in [3.8, 4) is 21.9 Å². The van der Waals surface area contributed by atoms with Crippen molar-refractivity contribution in [3.63, 3.8) is 0 Å². The van der Waals surface area contributed by atoms with E-state index in [0.29, 0.717) is 13.2 Å². The molecule has 0 atom stereocenters. The molecule has 0 radical (unpaired) electrons. The largest absolute Gasteiger partial charge is 0.494 e. The minimum Gasteiger partial charge on any atom is -0.494 e. The number of ether oxygens (including phenoxy) is 2. The molecular formula is C35H36O5S3. The number of aryl methyl sites for hydroxylation is 1. The first-order valence-electron chi connectivity index (χ1n) is 14.3. The topological polar surface area (TPSA) is 61.8 Å². The molecule has 0 unspecified atom stereocenters. The van der Waals surface area contributed by atoms with Gasteiger partial charge in [0, 0.05) is 14.7 Å². The van der Waals surface area contributed by atoms with Crippen molar-refractivity contribution in [2.45, 2.75) is 52.5 Å². The second-order valence-corrected chi connectivity index (χ2v) is 15.8. The maximum absolute atomic E-state index is 14.1. The smallest absolute Gasteiger partial charge is 0.307 e. The molecule has 8 heteroatoms. The number of hydrogen-bond donors (Lipinski definition) is 0. The maximum Gasteiger partial charge on any atom is 0.307 e. The van der Waals surface area contributed by atoms with Gasteiger partial charge < -0.3 is 9.47 Å². The van der Waals surface area contributed by atoms with Crippen LogP contribution >= 0.6 is 21.6 Å². The van der Waals surface area contributed by atoms with Crippen molar-refractivity contribution in [3.05, 3.63) is 121 Å². The van der Waals surface area contributed by atoms with Crippen molar-refractivity contribution < 1.29 is 21.5 Å². The van der Waals surface area contributed by atoms with Gasteiger partial charge in [-0.15, -0.1) is 11.3 Å². The first kappa shape index (κ1) is 30.9. The van der Waals surface area contributed by atoms with Gasteiger partial charge in [-0.3, -0.25) is 0 Å². The van der Waals surface area contributed by atoms with Gasteiger partial charge in [-0.25, -0.2) is 3.63 Å². The highest BCUT2D eigenvalue weighted by molar-refractivity contribution is 8.34. The van der Waals surface area contributed by atoms with Crippen LogP contribution in [0.1, 0.15) is 32.3 Å². The molecule has 4 aromatic carbocycles. The third-order valence-corrected chi connectivity index (χ3v) is 13.5. The second-order valence-electron chi connectivity index (χ2n) is 10.0. The van der Waals surface area contributed by atoms with Crippen LogP contribution in [0.5, 0.6) is 11.5 Å². The van der Waals surface area contributed by atoms with Crippen molar-refractivity contribution in [1.29, 1.82) is 0 Å². The van der Waals surface area contributed by atoms with E-state index in [1.54, 1.807) is 35.6 Å². The van der Waals surface area contributed by atoms with Crippen molar-refractivity contribution >= 4 is 31.8 Å². The highest BCUT2D eigenvalue weighted by atomic mass is 32.3. The Morgan fingerprint density at radius 1 is 0.605 bits per heavy atom. The zero-order chi connectivity index (χ0) is 30.3. The van der Waals surface area contributed by atoms with E-state index in [-0.39, 0.29) is 4.90 Å². The van der Waals surface area contributed by atoms with Gasteiger partial charge in [0.15, 0.2) is 0 Å². The van der Waals surface area contributed by atoms with Gasteiger partial charge >= 0.3 is 10.1 Å². The molecule has 0 aliphatic heterocycles. The third kappa shape index (κ3) is 6.99. The molecule has 5 aromatic rings. The molecule has 1 heterocycles. The van der Waals surface area contributed by atoms with Gasteiger partial charge in [0.05, 0.1) is 22.3 Å². The van der Waals surface area contributed by atoms with Gasteiger partial charge in [-0.2, -0.15) is 8.42 Å². The molecule has 5 rings (SSSR count). The highest BCUT2D eigenvalue weighted by Crippen LogP contribution is 2.72. The van der Waals surface area contributed by atoms with E-state index < -0.39 is 20.4 Å². The number of hydrogen-bond acceptors (Lipinski definition) is 6. The first-order valence-corrected chi connectivity index (χ1v) is 18.1. The Hall–Kier alpha value is -3.56. The average Bonchev–Trinajstić information content (AvgIpc) is 3.54. The predicted octanol–water partition coefficient (Wildman–Crippen LogP) is 9.90. The summed E-state index contributed by atoms with van der Waals surface area (Å²) in [5, 5.41) is 0. The fraction of sp³-hybridized carbons (Fsp3) is 0.200. The summed E-state index contributed by atoms with van der Waals surface area (Å²) in [7, 11) is -6.99. The lowest BCUT2D eigenvalue weighted by Crippen LogP contribution is -2.14. The Balaban J connectivity index is 1.72. The maximum atomic E-state index is 14.1. The van der Waals surface area contributed by atoms with Gasteiger partial charge in [0.2, 0.25) is 0 Å². The highest BCUT2D eigenvalue weighted by Gasteiger charge is 2.40. The van der Waals surface area contributed by atoms with E-state index in [4.69, 9.17) is 13.1 Å². The molecule has 1 aromatic heterocycles. The normalized spacial score (nSPS) is 12.2. The second kappa shape index (κ2) is 13.8. The molecule has 0 bridgehead atoms. The van der Waals surface area contributed by atoms with E-state index in [0.717, 1.165) is 54.3 Å². The number of benzene rings is 4. The van der Waals surface area contributed by atoms with Crippen molar-refractivity contribution in [2.75, 3.05) is 13.2 Å². The van der Waals surface area contributed by atoms with Gasteiger partial charge in [0.1, 0.15) is 11.5 Å². The van der Waals surface area contributed by atoms with E-state index in [1.165, 1.54) is 0 Å².